The number of hydrogen-bond donors (Lipinski definition) is 1. The van der Waals surface area contributed by atoms with Crippen LogP contribution in [0, 0.1) is 13.8 Å². The smallest absolute Gasteiger partial charge is 0.305 e. The third-order valence-corrected chi connectivity index (χ3v) is 3.17. The van der Waals surface area contributed by atoms with Gasteiger partial charge in [0.1, 0.15) is 11.3 Å². The normalized spacial score (nSPS) is 10.8. The topological polar surface area (TPSA) is 74.9 Å². The summed E-state index contributed by atoms with van der Waals surface area (Å²) in [5, 5.41) is 8.68. The minimum absolute atomic E-state index is 0.0723. The summed E-state index contributed by atoms with van der Waals surface area (Å²) in [6, 6.07) is 3.81. The molecule has 0 aliphatic rings. The summed E-state index contributed by atoms with van der Waals surface area (Å²) in [7, 11) is 1.60. The number of carbonyl (C=O) groups excluding carboxylic acids is 1. The molecule has 1 N–H and O–H groups in total. The number of amides is 1. The highest BCUT2D eigenvalue weighted by Crippen LogP contribution is 2.15. The molecule has 0 unspecified atom stereocenters. The van der Waals surface area contributed by atoms with Gasteiger partial charge in [-0.15, -0.1) is 0 Å². The minimum Gasteiger partial charge on any atom is -0.481 e. The van der Waals surface area contributed by atoms with Crippen LogP contribution in [0.15, 0.2) is 18.3 Å². The molecule has 20 heavy (non-hydrogen) atoms. The molecule has 106 valence electrons. The molecule has 2 aromatic heterocycles. The summed E-state index contributed by atoms with van der Waals surface area (Å²) >= 11 is 0. The van der Waals surface area contributed by atoms with E-state index in [0.717, 1.165) is 11.2 Å². The van der Waals surface area contributed by atoms with Gasteiger partial charge in [0.2, 0.25) is 0 Å². The van der Waals surface area contributed by atoms with E-state index in [-0.39, 0.29) is 18.9 Å². The van der Waals surface area contributed by atoms with Crippen molar-refractivity contribution in [3.63, 3.8) is 0 Å². The number of rotatable bonds is 4. The molecule has 0 radical (unpaired) electrons. The summed E-state index contributed by atoms with van der Waals surface area (Å²) in [6.07, 6.45) is 1.74. The second-order valence-electron chi connectivity index (χ2n) is 4.85. The number of hydrogen-bond acceptors (Lipinski definition) is 3. The third kappa shape index (κ3) is 2.64. The first-order valence-electron chi connectivity index (χ1n) is 6.32. The minimum atomic E-state index is -0.921. The zero-order chi connectivity index (χ0) is 14.9. The molecule has 2 aromatic rings. The van der Waals surface area contributed by atoms with Crippen molar-refractivity contribution in [2.75, 3.05) is 13.6 Å². The van der Waals surface area contributed by atoms with Crippen LogP contribution in [0.3, 0.4) is 0 Å². The summed E-state index contributed by atoms with van der Waals surface area (Å²) < 4.78 is 1.74. The van der Waals surface area contributed by atoms with Gasteiger partial charge in [-0.2, -0.15) is 0 Å². The number of aromatic nitrogens is 2. The van der Waals surface area contributed by atoms with Crippen molar-refractivity contribution >= 4 is 17.5 Å². The number of carbonyl (C=O) groups is 2. The standard InChI is InChI=1S/C14H17N3O3/c1-9-4-7-17-11(8-9)15-10(2)13(17)14(20)16(3)6-5-12(18)19/h4,7-8H,5-6H2,1-3H3,(H,18,19). The van der Waals surface area contributed by atoms with Crippen molar-refractivity contribution < 1.29 is 14.7 Å². The van der Waals surface area contributed by atoms with Crippen LogP contribution < -0.4 is 0 Å². The summed E-state index contributed by atoms with van der Waals surface area (Å²) in [5.74, 6) is -1.14. The monoisotopic (exact) mass is 275 g/mol. The van der Waals surface area contributed by atoms with Gasteiger partial charge in [0.05, 0.1) is 12.1 Å². The van der Waals surface area contributed by atoms with Gasteiger partial charge in [-0.3, -0.25) is 14.0 Å². The molecule has 2 heterocycles. The van der Waals surface area contributed by atoms with Crippen LogP contribution in [0.2, 0.25) is 0 Å². The van der Waals surface area contributed by atoms with Crippen molar-refractivity contribution in [1.29, 1.82) is 0 Å². The van der Waals surface area contributed by atoms with E-state index >= 15 is 0 Å². The van der Waals surface area contributed by atoms with E-state index in [2.05, 4.69) is 4.98 Å². The van der Waals surface area contributed by atoms with Crippen molar-refractivity contribution in [3.05, 3.63) is 35.3 Å². The van der Waals surface area contributed by atoms with Crippen LogP contribution in [-0.2, 0) is 4.79 Å². The Balaban J connectivity index is 2.34. The van der Waals surface area contributed by atoms with Crippen LogP contribution in [0.5, 0.6) is 0 Å². The van der Waals surface area contributed by atoms with Gasteiger partial charge in [0.15, 0.2) is 0 Å². The second-order valence-corrected chi connectivity index (χ2v) is 4.85. The highest BCUT2D eigenvalue weighted by atomic mass is 16.4. The molecule has 2 rings (SSSR count). The van der Waals surface area contributed by atoms with Crippen LogP contribution in [0.25, 0.3) is 5.65 Å². The largest absolute Gasteiger partial charge is 0.481 e. The molecule has 0 bridgehead atoms. The average Bonchev–Trinajstić information content (AvgIpc) is 2.69. The van der Waals surface area contributed by atoms with E-state index in [1.165, 1.54) is 4.90 Å². The number of nitrogens with zero attached hydrogens (tertiary/aromatic N) is 3. The van der Waals surface area contributed by atoms with E-state index in [9.17, 15) is 9.59 Å². The molecule has 1 amide bonds. The fraction of sp³-hybridized carbons (Fsp3) is 0.357. The zero-order valence-corrected chi connectivity index (χ0v) is 11.8. The van der Waals surface area contributed by atoms with Crippen molar-refractivity contribution in [3.8, 4) is 0 Å². The van der Waals surface area contributed by atoms with Crippen LogP contribution in [0.4, 0.5) is 0 Å². The number of fused-ring (bicyclic) bond motifs is 1. The molecule has 6 nitrogen and oxygen atoms in total. The Morgan fingerprint density at radius 2 is 2.10 bits per heavy atom. The summed E-state index contributed by atoms with van der Waals surface area (Å²) in [4.78, 5) is 28.8. The van der Waals surface area contributed by atoms with Crippen molar-refractivity contribution in [2.24, 2.45) is 0 Å². The molecule has 0 atom stereocenters. The molecule has 0 saturated carbocycles. The van der Waals surface area contributed by atoms with Gasteiger partial charge in [-0.05, 0) is 31.5 Å². The maximum Gasteiger partial charge on any atom is 0.305 e. The molecule has 0 aliphatic carbocycles. The molecular formula is C14H17N3O3. The number of carboxylic acid groups (broad SMARTS) is 1. The number of pyridine rings is 1. The Morgan fingerprint density at radius 3 is 2.75 bits per heavy atom. The quantitative estimate of drug-likeness (QED) is 0.917. The SMILES string of the molecule is Cc1ccn2c(C(=O)N(C)CCC(=O)O)c(C)nc2c1. The van der Waals surface area contributed by atoms with Crippen molar-refractivity contribution in [1.82, 2.24) is 14.3 Å². The fourth-order valence-corrected chi connectivity index (χ4v) is 2.07. The summed E-state index contributed by atoms with van der Waals surface area (Å²) in [6.45, 7) is 3.91. The van der Waals surface area contributed by atoms with Crippen LogP contribution in [0.1, 0.15) is 28.2 Å². The van der Waals surface area contributed by atoms with E-state index in [0.29, 0.717) is 11.4 Å². The van der Waals surface area contributed by atoms with Crippen LogP contribution >= 0.6 is 0 Å². The zero-order valence-electron chi connectivity index (χ0n) is 11.8. The molecule has 6 heteroatoms. The predicted octanol–water partition coefficient (Wildman–Crippen LogP) is 1.50. The average molecular weight is 275 g/mol. The molecular weight excluding hydrogens is 258 g/mol. The lowest BCUT2D eigenvalue weighted by Gasteiger charge is -2.16. The molecule has 0 aromatic carbocycles. The Labute approximate surface area is 116 Å². The van der Waals surface area contributed by atoms with Gasteiger partial charge in [0.25, 0.3) is 5.91 Å². The van der Waals surface area contributed by atoms with Crippen molar-refractivity contribution in [2.45, 2.75) is 20.3 Å². The fourth-order valence-electron chi connectivity index (χ4n) is 2.07. The number of imidazole rings is 1. The lowest BCUT2D eigenvalue weighted by atomic mass is 10.2. The van der Waals surface area contributed by atoms with Gasteiger partial charge >= 0.3 is 5.97 Å². The highest BCUT2D eigenvalue weighted by molar-refractivity contribution is 5.94. The van der Waals surface area contributed by atoms with Crippen LogP contribution in [-0.4, -0.2) is 44.9 Å². The lowest BCUT2D eigenvalue weighted by Crippen LogP contribution is -2.30. The van der Waals surface area contributed by atoms with Gasteiger partial charge in [0, 0.05) is 19.8 Å². The van der Waals surface area contributed by atoms with Gasteiger partial charge in [-0.1, -0.05) is 0 Å². The molecule has 0 spiro atoms. The van der Waals surface area contributed by atoms with E-state index in [4.69, 9.17) is 5.11 Å². The maximum atomic E-state index is 12.4. The summed E-state index contributed by atoms with van der Waals surface area (Å²) in [5.41, 5.74) is 2.91. The predicted molar refractivity (Wildman–Crippen MR) is 73.9 cm³/mol. The number of aliphatic carboxylic acids is 1. The van der Waals surface area contributed by atoms with Gasteiger partial charge in [-0.25, -0.2) is 4.98 Å². The Hall–Kier alpha value is -2.37. The Bertz CT molecular complexity index is 676. The third-order valence-electron chi connectivity index (χ3n) is 3.17. The molecule has 0 fully saturated rings. The second kappa shape index (κ2) is 5.32. The number of aryl methyl sites for hydroxylation is 2. The van der Waals surface area contributed by atoms with E-state index in [1.807, 2.05) is 25.3 Å². The highest BCUT2D eigenvalue weighted by Gasteiger charge is 2.20. The first-order valence-corrected chi connectivity index (χ1v) is 6.32. The first-order chi connectivity index (χ1) is 9.40. The lowest BCUT2D eigenvalue weighted by molar-refractivity contribution is -0.137. The number of carboxylic acids is 1. The van der Waals surface area contributed by atoms with E-state index < -0.39 is 5.97 Å². The molecule has 0 saturated heterocycles. The molecule has 0 aliphatic heterocycles. The van der Waals surface area contributed by atoms with Gasteiger partial charge < -0.3 is 10.0 Å². The Morgan fingerprint density at radius 1 is 1.40 bits per heavy atom. The first kappa shape index (κ1) is 14.0. The Kier molecular flexibility index (Phi) is 3.74. The maximum absolute atomic E-state index is 12.4. The van der Waals surface area contributed by atoms with E-state index in [1.54, 1.807) is 18.4 Å².